The van der Waals surface area contributed by atoms with Crippen molar-refractivity contribution >= 4 is 11.8 Å². The van der Waals surface area contributed by atoms with Gasteiger partial charge in [0.25, 0.3) is 0 Å². The van der Waals surface area contributed by atoms with Gasteiger partial charge in [-0.2, -0.15) is 0 Å². The van der Waals surface area contributed by atoms with Gasteiger partial charge in [0.05, 0.1) is 19.3 Å². The second-order valence-corrected chi connectivity index (χ2v) is 5.31. The van der Waals surface area contributed by atoms with Gasteiger partial charge in [-0.3, -0.25) is 9.59 Å². The first-order valence-electron chi connectivity index (χ1n) is 7.04. The van der Waals surface area contributed by atoms with Crippen molar-refractivity contribution in [1.29, 1.82) is 0 Å². The summed E-state index contributed by atoms with van der Waals surface area (Å²) < 4.78 is 15.9. The van der Waals surface area contributed by atoms with Crippen molar-refractivity contribution in [3.8, 4) is 11.5 Å². The smallest absolute Gasteiger partial charge is 0.315 e. The molecule has 3 rings (SSSR count). The summed E-state index contributed by atoms with van der Waals surface area (Å²) in [4.78, 5) is 23.5. The monoisotopic (exact) mass is 300 g/mol. The molecule has 2 atom stereocenters. The summed E-state index contributed by atoms with van der Waals surface area (Å²) in [5, 5.41) is 0. The molecule has 114 valence electrons. The lowest BCUT2D eigenvalue weighted by Crippen LogP contribution is -2.12. The average molecular weight is 300 g/mol. The number of carbonyl (C=O) groups is 2. The Bertz CT molecular complexity index is 702. The number of Topliss-reactive ketones (excluding diaryl/α,β-unsaturated/α-hetero) is 1. The van der Waals surface area contributed by atoms with Crippen molar-refractivity contribution in [3.05, 3.63) is 47.9 Å². The van der Waals surface area contributed by atoms with E-state index in [1.54, 1.807) is 30.5 Å². The zero-order valence-corrected chi connectivity index (χ0v) is 12.4. The zero-order chi connectivity index (χ0) is 15.7. The molecule has 0 saturated heterocycles. The normalized spacial score (nSPS) is 19.5. The maximum absolute atomic E-state index is 12.2. The van der Waals surface area contributed by atoms with Gasteiger partial charge in [-0.1, -0.05) is 0 Å². The van der Waals surface area contributed by atoms with Gasteiger partial charge in [0.2, 0.25) is 0 Å². The summed E-state index contributed by atoms with van der Waals surface area (Å²) in [5.41, 5.74) is 0.511. The molecule has 5 heteroatoms. The van der Waals surface area contributed by atoms with Gasteiger partial charge in [0.1, 0.15) is 5.76 Å². The number of furan rings is 1. The largest absolute Gasteiger partial charge is 0.493 e. The first kappa shape index (κ1) is 14.4. The van der Waals surface area contributed by atoms with E-state index in [-0.39, 0.29) is 23.6 Å². The zero-order valence-electron chi connectivity index (χ0n) is 12.4. The van der Waals surface area contributed by atoms with Crippen LogP contribution in [0.2, 0.25) is 0 Å². The molecule has 1 saturated carbocycles. The molecule has 22 heavy (non-hydrogen) atoms. The van der Waals surface area contributed by atoms with Crippen LogP contribution in [-0.4, -0.2) is 18.9 Å². The minimum atomic E-state index is -0.310. The van der Waals surface area contributed by atoms with Gasteiger partial charge < -0.3 is 13.9 Å². The third-order valence-electron chi connectivity index (χ3n) is 3.78. The number of ketones is 1. The van der Waals surface area contributed by atoms with E-state index in [0.29, 0.717) is 17.1 Å². The number of carbonyl (C=O) groups excluding carboxylic acids is 2. The second-order valence-electron chi connectivity index (χ2n) is 5.31. The van der Waals surface area contributed by atoms with E-state index in [9.17, 15) is 9.59 Å². The first-order chi connectivity index (χ1) is 10.6. The Labute approximate surface area is 127 Å². The maximum Gasteiger partial charge on any atom is 0.315 e. The van der Waals surface area contributed by atoms with Crippen LogP contribution in [0.25, 0.3) is 0 Å². The van der Waals surface area contributed by atoms with Gasteiger partial charge in [-0.15, -0.1) is 0 Å². The number of methoxy groups -OCH3 is 1. The Morgan fingerprint density at radius 1 is 1.23 bits per heavy atom. The van der Waals surface area contributed by atoms with Gasteiger partial charge in [-0.05, 0) is 43.7 Å². The quantitative estimate of drug-likeness (QED) is 0.482. The van der Waals surface area contributed by atoms with Crippen LogP contribution in [0.15, 0.2) is 41.0 Å². The van der Waals surface area contributed by atoms with Gasteiger partial charge in [-0.25, -0.2) is 0 Å². The van der Waals surface area contributed by atoms with E-state index in [1.165, 1.54) is 14.0 Å². The van der Waals surface area contributed by atoms with Crippen molar-refractivity contribution in [2.45, 2.75) is 19.3 Å². The number of hydrogen-bond donors (Lipinski definition) is 0. The molecule has 2 aromatic rings. The minimum Gasteiger partial charge on any atom is -0.493 e. The van der Waals surface area contributed by atoms with Crippen LogP contribution in [0.1, 0.15) is 35.4 Å². The number of hydrogen-bond acceptors (Lipinski definition) is 5. The molecule has 0 spiro atoms. The number of ether oxygens (including phenoxy) is 2. The molecule has 1 aliphatic rings. The van der Waals surface area contributed by atoms with Crippen molar-refractivity contribution in [2.75, 3.05) is 7.11 Å². The predicted octanol–water partition coefficient (Wildman–Crippen LogP) is 3.20. The lowest BCUT2D eigenvalue weighted by atomic mass is 10.1. The SMILES string of the molecule is COc1cc(C(C)=O)ccc1OC(=O)[C@@H]1C[C@H]1c1ccco1. The summed E-state index contributed by atoms with van der Waals surface area (Å²) in [7, 11) is 1.47. The fourth-order valence-corrected chi connectivity index (χ4v) is 2.43. The van der Waals surface area contributed by atoms with Crippen LogP contribution in [0.4, 0.5) is 0 Å². The fraction of sp³-hybridized carbons (Fsp3) is 0.294. The number of esters is 1. The Morgan fingerprint density at radius 2 is 2.05 bits per heavy atom. The maximum atomic E-state index is 12.2. The number of rotatable bonds is 5. The molecule has 1 aliphatic carbocycles. The predicted molar refractivity (Wildman–Crippen MR) is 78.2 cm³/mol. The summed E-state index contributed by atoms with van der Waals surface area (Å²) in [6.45, 7) is 1.47. The molecule has 1 fully saturated rings. The second kappa shape index (κ2) is 5.67. The highest BCUT2D eigenvalue weighted by molar-refractivity contribution is 5.94. The molecule has 1 aromatic heterocycles. The molecule has 0 unspecified atom stereocenters. The average Bonchev–Trinajstić information content (AvgIpc) is 3.13. The molecule has 5 nitrogen and oxygen atoms in total. The molecular formula is C17H16O5. The van der Waals surface area contributed by atoms with E-state index >= 15 is 0 Å². The Morgan fingerprint density at radius 3 is 2.68 bits per heavy atom. The fourth-order valence-electron chi connectivity index (χ4n) is 2.43. The molecular weight excluding hydrogens is 284 g/mol. The van der Waals surface area contributed by atoms with Gasteiger partial charge in [0.15, 0.2) is 17.3 Å². The van der Waals surface area contributed by atoms with Crippen LogP contribution >= 0.6 is 0 Å². The van der Waals surface area contributed by atoms with Gasteiger partial charge in [0, 0.05) is 11.5 Å². The Kier molecular flexibility index (Phi) is 3.71. The lowest BCUT2D eigenvalue weighted by Gasteiger charge is -2.10. The van der Waals surface area contributed by atoms with Crippen LogP contribution < -0.4 is 9.47 Å². The summed E-state index contributed by atoms with van der Waals surface area (Å²) in [6.07, 6.45) is 2.32. The summed E-state index contributed by atoms with van der Waals surface area (Å²) in [5.74, 6) is 1.01. The van der Waals surface area contributed by atoms with E-state index < -0.39 is 0 Å². The van der Waals surface area contributed by atoms with Crippen molar-refractivity contribution < 1.29 is 23.5 Å². The molecule has 0 bridgehead atoms. The summed E-state index contributed by atoms with van der Waals surface area (Å²) in [6, 6.07) is 8.43. The highest BCUT2D eigenvalue weighted by Gasteiger charge is 2.47. The minimum absolute atomic E-state index is 0.0729. The highest BCUT2D eigenvalue weighted by atomic mass is 16.6. The highest BCUT2D eigenvalue weighted by Crippen LogP contribution is 2.48. The topological polar surface area (TPSA) is 65.7 Å². The van der Waals surface area contributed by atoms with Crippen molar-refractivity contribution in [3.63, 3.8) is 0 Å². The van der Waals surface area contributed by atoms with Crippen LogP contribution in [-0.2, 0) is 4.79 Å². The van der Waals surface area contributed by atoms with E-state index in [2.05, 4.69) is 0 Å². The van der Waals surface area contributed by atoms with E-state index in [0.717, 1.165) is 12.2 Å². The summed E-state index contributed by atoms with van der Waals surface area (Å²) >= 11 is 0. The van der Waals surface area contributed by atoms with E-state index in [1.807, 2.05) is 6.07 Å². The number of benzene rings is 1. The van der Waals surface area contributed by atoms with Crippen molar-refractivity contribution in [1.82, 2.24) is 0 Å². The van der Waals surface area contributed by atoms with Crippen LogP contribution in [0.5, 0.6) is 11.5 Å². The third-order valence-corrected chi connectivity index (χ3v) is 3.78. The standard InChI is InChI=1S/C17H16O5/c1-10(18)11-5-6-15(16(8-11)20-2)22-17(19)13-9-12(13)14-4-3-7-21-14/h3-8,12-13H,9H2,1-2H3/t12-,13-/m1/s1. The molecule has 0 aliphatic heterocycles. The van der Waals surface area contributed by atoms with Crippen molar-refractivity contribution in [2.24, 2.45) is 5.92 Å². The molecule has 0 radical (unpaired) electrons. The Hall–Kier alpha value is -2.56. The van der Waals surface area contributed by atoms with Gasteiger partial charge >= 0.3 is 5.97 Å². The van der Waals surface area contributed by atoms with Crippen LogP contribution in [0.3, 0.4) is 0 Å². The Balaban J connectivity index is 1.71. The lowest BCUT2D eigenvalue weighted by molar-refractivity contribution is -0.136. The molecule has 1 aromatic carbocycles. The van der Waals surface area contributed by atoms with E-state index in [4.69, 9.17) is 13.9 Å². The molecule has 0 N–H and O–H groups in total. The molecule has 1 heterocycles. The first-order valence-corrected chi connectivity index (χ1v) is 7.04. The molecule has 0 amide bonds. The third kappa shape index (κ3) is 2.74. The van der Waals surface area contributed by atoms with Crippen LogP contribution in [0, 0.1) is 5.92 Å².